The minimum absolute atomic E-state index is 0.227. The van der Waals surface area contributed by atoms with Gasteiger partial charge in [-0.1, -0.05) is 18.2 Å². The van der Waals surface area contributed by atoms with Gasteiger partial charge in [-0.3, -0.25) is 19.1 Å². The zero-order valence-electron chi connectivity index (χ0n) is 23.1. The van der Waals surface area contributed by atoms with Crippen molar-refractivity contribution in [3.63, 3.8) is 0 Å². The molecule has 0 bridgehead atoms. The maximum absolute atomic E-state index is 13.4. The summed E-state index contributed by atoms with van der Waals surface area (Å²) in [5, 5.41) is 3.06. The van der Waals surface area contributed by atoms with E-state index in [1.807, 2.05) is 6.07 Å². The van der Waals surface area contributed by atoms with Crippen molar-refractivity contribution >= 4 is 33.4 Å². The summed E-state index contributed by atoms with van der Waals surface area (Å²) < 4.78 is 17.0. The van der Waals surface area contributed by atoms with Crippen LogP contribution in [0.15, 0.2) is 58.1 Å². The van der Waals surface area contributed by atoms with Crippen molar-refractivity contribution in [2.75, 3.05) is 14.2 Å². The molecule has 0 spiro atoms. The van der Waals surface area contributed by atoms with Gasteiger partial charge in [-0.05, 0) is 69.2 Å². The molecule has 1 amide bonds. The molecule has 1 atom stereocenters. The number of amides is 1. The fraction of sp³-hybridized carbons (Fsp3) is 0.310. The third kappa shape index (κ3) is 6.09. The van der Waals surface area contributed by atoms with E-state index in [1.54, 1.807) is 71.2 Å². The number of aromatic nitrogens is 2. The lowest BCUT2D eigenvalue weighted by Crippen LogP contribution is -2.37. The van der Waals surface area contributed by atoms with Crippen LogP contribution in [0, 0.1) is 0 Å². The fourth-order valence-corrected chi connectivity index (χ4v) is 5.09. The molecular formula is C29H31N3O7S. The first-order valence-corrected chi connectivity index (χ1v) is 13.3. The summed E-state index contributed by atoms with van der Waals surface area (Å²) >= 11 is 1.03. The maximum atomic E-state index is 13.4. The van der Waals surface area contributed by atoms with Crippen molar-refractivity contribution in [3.05, 3.63) is 90.9 Å². The molecule has 210 valence electrons. The Labute approximate surface area is 234 Å². The molecule has 0 aliphatic carbocycles. The van der Waals surface area contributed by atoms with E-state index in [0.717, 1.165) is 21.5 Å². The minimum atomic E-state index is -0.629. The summed E-state index contributed by atoms with van der Waals surface area (Å²) in [7, 11) is 3.08. The number of nitrogens with one attached hydrogen (secondary N) is 2. The zero-order chi connectivity index (χ0) is 29.2. The molecule has 2 aromatic carbocycles. The molecule has 0 aliphatic heterocycles. The third-order valence-corrected chi connectivity index (χ3v) is 7.21. The quantitative estimate of drug-likeness (QED) is 0.306. The van der Waals surface area contributed by atoms with Gasteiger partial charge in [0.15, 0.2) is 11.5 Å². The highest BCUT2D eigenvalue weighted by Crippen LogP contribution is 2.28. The van der Waals surface area contributed by atoms with Gasteiger partial charge in [-0.2, -0.15) is 0 Å². The van der Waals surface area contributed by atoms with Gasteiger partial charge in [-0.15, -0.1) is 11.3 Å². The van der Waals surface area contributed by atoms with Crippen molar-refractivity contribution < 1.29 is 23.8 Å². The first kappa shape index (κ1) is 28.6. The lowest BCUT2D eigenvalue weighted by molar-refractivity contribution is 0.00693. The van der Waals surface area contributed by atoms with Gasteiger partial charge in [-0.25, -0.2) is 9.59 Å². The Hall–Kier alpha value is -4.38. The number of carbonyl (C=O) groups is 2. The largest absolute Gasteiger partial charge is 0.493 e. The van der Waals surface area contributed by atoms with Crippen molar-refractivity contribution in [1.29, 1.82) is 0 Å². The molecule has 40 heavy (non-hydrogen) atoms. The van der Waals surface area contributed by atoms with E-state index in [9.17, 15) is 19.2 Å². The smallest absolute Gasteiger partial charge is 0.338 e. The molecule has 4 rings (SSSR count). The number of thiophene rings is 1. The van der Waals surface area contributed by atoms with Gasteiger partial charge in [0.05, 0.1) is 36.1 Å². The van der Waals surface area contributed by atoms with Crippen molar-refractivity contribution in [2.24, 2.45) is 0 Å². The van der Waals surface area contributed by atoms with Crippen LogP contribution in [0.3, 0.4) is 0 Å². The van der Waals surface area contributed by atoms with E-state index < -0.39 is 28.9 Å². The Balaban J connectivity index is 1.55. The number of fused-ring (bicyclic) bond motifs is 1. The second kappa shape index (κ2) is 11.4. The van der Waals surface area contributed by atoms with Gasteiger partial charge in [0.1, 0.15) is 10.4 Å². The van der Waals surface area contributed by atoms with Gasteiger partial charge in [0.2, 0.25) is 0 Å². The molecule has 0 saturated carbocycles. The van der Waals surface area contributed by atoms with Crippen LogP contribution in [-0.2, 0) is 11.3 Å². The third-order valence-electron chi connectivity index (χ3n) is 6.16. The number of benzene rings is 2. The first-order valence-electron chi connectivity index (χ1n) is 12.5. The average molecular weight is 566 g/mol. The Kier molecular flexibility index (Phi) is 8.15. The van der Waals surface area contributed by atoms with Crippen molar-refractivity contribution in [2.45, 2.75) is 45.9 Å². The lowest BCUT2D eigenvalue weighted by atomic mass is 10.1. The summed E-state index contributed by atoms with van der Waals surface area (Å²) in [4.78, 5) is 54.8. The van der Waals surface area contributed by atoms with Crippen LogP contribution in [0.1, 0.15) is 64.9 Å². The number of aromatic amines is 1. The van der Waals surface area contributed by atoms with Crippen LogP contribution in [0.25, 0.3) is 10.2 Å². The topological polar surface area (TPSA) is 129 Å². The highest BCUT2D eigenvalue weighted by atomic mass is 32.1. The summed E-state index contributed by atoms with van der Waals surface area (Å²) in [6.45, 7) is 7.30. The summed E-state index contributed by atoms with van der Waals surface area (Å²) in [5.41, 5.74) is 0.0809. The Morgan fingerprint density at radius 3 is 2.30 bits per heavy atom. The van der Waals surface area contributed by atoms with Crippen molar-refractivity contribution in [3.8, 4) is 11.5 Å². The van der Waals surface area contributed by atoms with E-state index >= 15 is 0 Å². The highest BCUT2D eigenvalue weighted by molar-refractivity contribution is 7.20. The van der Waals surface area contributed by atoms with E-state index in [-0.39, 0.29) is 22.7 Å². The first-order chi connectivity index (χ1) is 18.9. The maximum Gasteiger partial charge on any atom is 0.338 e. The molecule has 2 aromatic heterocycles. The molecule has 10 nitrogen and oxygen atoms in total. The number of ether oxygens (including phenoxy) is 3. The standard InChI is InChI=1S/C29H31N3O7S/c1-16(18-8-10-19(11-9-18)27(35)39-29(2,3)4)32-26(34)20-14-23(40-25(20)31-28(32)36)24(33)30-15-17-7-12-21(37-5)22(13-17)38-6/h7-14,16H,15H2,1-6H3,(H,30,33)(H,31,36). The molecule has 11 heteroatoms. The Bertz CT molecular complexity index is 1680. The Morgan fingerprint density at radius 2 is 1.68 bits per heavy atom. The number of hydrogen-bond acceptors (Lipinski definition) is 8. The minimum Gasteiger partial charge on any atom is -0.493 e. The normalized spacial score (nSPS) is 12.2. The molecule has 0 fully saturated rings. The Morgan fingerprint density at radius 1 is 1.00 bits per heavy atom. The second-order valence-electron chi connectivity index (χ2n) is 10.1. The number of methoxy groups -OCH3 is 2. The monoisotopic (exact) mass is 565 g/mol. The van der Waals surface area contributed by atoms with Gasteiger partial charge < -0.3 is 19.5 Å². The zero-order valence-corrected chi connectivity index (χ0v) is 23.9. The average Bonchev–Trinajstić information content (AvgIpc) is 3.35. The summed E-state index contributed by atoms with van der Waals surface area (Å²) in [5.74, 6) is 0.283. The second-order valence-corrected chi connectivity index (χ2v) is 11.2. The number of esters is 1. The van der Waals surface area contributed by atoms with E-state index in [2.05, 4.69) is 10.3 Å². The lowest BCUT2D eigenvalue weighted by Gasteiger charge is -2.20. The van der Waals surface area contributed by atoms with Crippen LogP contribution in [0.2, 0.25) is 0 Å². The molecule has 0 saturated heterocycles. The van der Waals surface area contributed by atoms with Crippen molar-refractivity contribution in [1.82, 2.24) is 14.9 Å². The summed E-state index contributed by atoms with van der Waals surface area (Å²) in [6, 6.07) is 12.7. The predicted octanol–water partition coefficient (Wildman–Crippen LogP) is 4.26. The van der Waals surface area contributed by atoms with Gasteiger partial charge >= 0.3 is 11.7 Å². The van der Waals surface area contributed by atoms with E-state index in [4.69, 9.17) is 14.2 Å². The summed E-state index contributed by atoms with van der Waals surface area (Å²) in [6.07, 6.45) is 0. The van der Waals surface area contributed by atoms with E-state index in [0.29, 0.717) is 27.5 Å². The number of hydrogen-bond donors (Lipinski definition) is 2. The van der Waals surface area contributed by atoms with Gasteiger partial charge in [0.25, 0.3) is 11.5 Å². The van der Waals surface area contributed by atoms with Gasteiger partial charge in [0, 0.05) is 6.54 Å². The number of carbonyl (C=O) groups excluding carboxylic acids is 2. The molecule has 0 radical (unpaired) electrons. The van der Waals surface area contributed by atoms with Crippen LogP contribution >= 0.6 is 11.3 Å². The highest BCUT2D eigenvalue weighted by Gasteiger charge is 2.21. The van der Waals surface area contributed by atoms with Crippen LogP contribution < -0.4 is 26.0 Å². The van der Waals surface area contributed by atoms with Crippen LogP contribution in [0.4, 0.5) is 0 Å². The predicted molar refractivity (Wildman–Crippen MR) is 153 cm³/mol. The molecule has 1 unspecified atom stereocenters. The number of H-pyrrole nitrogens is 1. The molecule has 0 aliphatic rings. The number of nitrogens with zero attached hydrogens (tertiary/aromatic N) is 1. The van der Waals surface area contributed by atoms with Crippen LogP contribution in [-0.4, -0.2) is 41.2 Å². The molecule has 2 N–H and O–H groups in total. The molecular weight excluding hydrogens is 534 g/mol. The number of rotatable bonds is 8. The fourth-order valence-electron chi connectivity index (χ4n) is 4.13. The molecule has 2 heterocycles. The molecule has 4 aromatic rings. The SMILES string of the molecule is COc1ccc(CNC(=O)c2cc3c(=O)n(C(C)c4ccc(C(=O)OC(C)(C)C)cc4)c(=O)[nH]c3s2)cc1OC. The van der Waals surface area contributed by atoms with E-state index in [1.165, 1.54) is 13.2 Å². The van der Waals surface area contributed by atoms with Crippen LogP contribution in [0.5, 0.6) is 11.5 Å².